The van der Waals surface area contributed by atoms with E-state index in [2.05, 4.69) is 11.9 Å². The summed E-state index contributed by atoms with van der Waals surface area (Å²) in [5.74, 6) is 0.888. The molecule has 86 valence electrons. The highest BCUT2D eigenvalue weighted by molar-refractivity contribution is 7.10. The summed E-state index contributed by atoms with van der Waals surface area (Å²) in [5, 5.41) is 12.6. The van der Waals surface area contributed by atoms with Crippen LogP contribution in [0, 0.1) is 0 Å². The van der Waals surface area contributed by atoms with Crippen molar-refractivity contribution in [2.75, 3.05) is 0 Å². The molecular formula is C11H13ClN2OS. The first-order valence-corrected chi connectivity index (χ1v) is 6.39. The summed E-state index contributed by atoms with van der Waals surface area (Å²) >= 11 is 7.45. The predicted octanol–water partition coefficient (Wildman–Crippen LogP) is 2.89. The van der Waals surface area contributed by atoms with Gasteiger partial charge in [0.15, 0.2) is 0 Å². The molecule has 2 aromatic heterocycles. The van der Waals surface area contributed by atoms with E-state index in [0.29, 0.717) is 11.4 Å². The van der Waals surface area contributed by atoms with E-state index in [1.165, 1.54) is 11.3 Å². The summed E-state index contributed by atoms with van der Waals surface area (Å²) in [5.41, 5.74) is 0. The van der Waals surface area contributed by atoms with Crippen molar-refractivity contribution in [3.63, 3.8) is 0 Å². The monoisotopic (exact) mass is 256 g/mol. The molecule has 3 nitrogen and oxygen atoms in total. The van der Waals surface area contributed by atoms with Gasteiger partial charge in [0.05, 0.1) is 16.0 Å². The van der Waals surface area contributed by atoms with E-state index in [0.717, 1.165) is 17.2 Å². The SMILES string of the molecule is CCn1ccnc1CC(O)c1sccc1Cl. The highest BCUT2D eigenvalue weighted by Gasteiger charge is 2.16. The third-order valence-corrected chi connectivity index (χ3v) is 3.93. The van der Waals surface area contributed by atoms with Gasteiger partial charge >= 0.3 is 0 Å². The fourth-order valence-corrected chi connectivity index (χ4v) is 2.80. The Morgan fingerprint density at radius 2 is 2.44 bits per heavy atom. The van der Waals surface area contributed by atoms with E-state index >= 15 is 0 Å². The van der Waals surface area contributed by atoms with Crippen LogP contribution in [0.5, 0.6) is 0 Å². The van der Waals surface area contributed by atoms with Crippen LogP contribution in [0.2, 0.25) is 5.02 Å². The number of aliphatic hydroxyl groups excluding tert-OH is 1. The first-order valence-electron chi connectivity index (χ1n) is 5.13. The number of aromatic nitrogens is 2. The zero-order valence-electron chi connectivity index (χ0n) is 8.93. The lowest BCUT2D eigenvalue weighted by Crippen LogP contribution is -2.07. The summed E-state index contributed by atoms with van der Waals surface area (Å²) in [6, 6.07) is 1.80. The summed E-state index contributed by atoms with van der Waals surface area (Å²) in [7, 11) is 0. The smallest absolute Gasteiger partial charge is 0.111 e. The molecule has 0 saturated heterocycles. The fourth-order valence-electron chi connectivity index (χ4n) is 1.63. The third kappa shape index (κ3) is 2.29. The van der Waals surface area contributed by atoms with Gasteiger partial charge in [0, 0.05) is 25.4 Å². The Morgan fingerprint density at radius 3 is 3.06 bits per heavy atom. The van der Waals surface area contributed by atoms with Crippen LogP contribution >= 0.6 is 22.9 Å². The topological polar surface area (TPSA) is 38.0 Å². The number of halogens is 1. The Kier molecular flexibility index (Phi) is 3.63. The highest BCUT2D eigenvalue weighted by Crippen LogP contribution is 2.30. The van der Waals surface area contributed by atoms with Crippen LogP contribution in [0.15, 0.2) is 23.8 Å². The average Bonchev–Trinajstić information content (AvgIpc) is 2.86. The van der Waals surface area contributed by atoms with Gasteiger partial charge in [0.2, 0.25) is 0 Å². The van der Waals surface area contributed by atoms with Crippen LogP contribution in [-0.4, -0.2) is 14.7 Å². The molecule has 0 aromatic carbocycles. The molecule has 1 N–H and O–H groups in total. The first-order chi connectivity index (χ1) is 7.72. The van der Waals surface area contributed by atoms with Crippen molar-refractivity contribution < 1.29 is 5.11 Å². The Balaban J connectivity index is 2.13. The van der Waals surface area contributed by atoms with Gasteiger partial charge in [-0.25, -0.2) is 4.98 Å². The van der Waals surface area contributed by atoms with Crippen molar-refractivity contribution in [1.82, 2.24) is 9.55 Å². The van der Waals surface area contributed by atoms with Crippen LogP contribution < -0.4 is 0 Å². The van der Waals surface area contributed by atoms with E-state index in [4.69, 9.17) is 11.6 Å². The quantitative estimate of drug-likeness (QED) is 0.914. The Hall–Kier alpha value is -0.840. The van der Waals surface area contributed by atoms with Gasteiger partial charge in [-0.2, -0.15) is 0 Å². The Morgan fingerprint density at radius 1 is 1.62 bits per heavy atom. The van der Waals surface area contributed by atoms with Crippen LogP contribution in [0.1, 0.15) is 23.7 Å². The van der Waals surface area contributed by atoms with E-state index < -0.39 is 6.10 Å². The summed E-state index contributed by atoms with van der Waals surface area (Å²) in [6.45, 7) is 2.91. The van der Waals surface area contributed by atoms with Crippen molar-refractivity contribution in [2.24, 2.45) is 0 Å². The predicted molar refractivity (Wildman–Crippen MR) is 65.9 cm³/mol. The van der Waals surface area contributed by atoms with Crippen LogP contribution in [-0.2, 0) is 13.0 Å². The number of hydrogen-bond acceptors (Lipinski definition) is 3. The lowest BCUT2D eigenvalue weighted by molar-refractivity contribution is 0.178. The molecule has 0 bridgehead atoms. The molecule has 1 atom stereocenters. The molecule has 0 aliphatic heterocycles. The van der Waals surface area contributed by atoms with Crippen LogP contribution in [0.25, 0.3) is 0 Å². The van der Waals surface area contributed by atoms with Crippen LogP contribution in [0.4, 0.5) is 0 Å². The third-order valence-electron chi connectivity index (χ3n) is 2.47. The van der Waals surface area contributed by atoms with Crippen molar-refractivity contribution >= 4 is 22.9 Å². The molecule has 2 aromatic rings. The van der Waals surface area contributed by atoms with Gasteiger partial charge in [-0.3, -0.25) is 0 Å². The van der Waals surface area contributed by atoms with E-state index in [1.807, 2.05) is 16.1 Å². The van der Waals surface area contributed by atoms with Crippen LogP contribution in [0.3, 0.4) is 0 Å². The number of imidazole rings is 1. The molecule has 0 amide bonds. The van der Waals surface area contributed by atoms with E-state index in [1.54, 1.807) is 12.3 Å². The molecule has 0 fully saturated rings. The minimum absolute atomic E-state index is 0.501. The van der Waals surface area contributed by atoms with Crippen molar-refractivity contribution in [1.29, 1.82) is 0 Å². The van der Waals surface area contributed by atoms with Gasteiger partial charge in [0.1, 0.15) is 5.82 Å². The molecule has 5 heteroatoms. The Bertz CT molecular complexity index is 466. The lowest BCUT2D eigenvalue weighted by Gasteiger charge is -2.10. The minimum Gasteiger partial charge on any atom is -0.387 e. The van der Waals surface area contributed by atoms with Gasteiger partial charge < -0.3 is 9.67 Å². The van der Waals surface area contributed by atoms with Crippen molar-refractivity contribution in [3.05, 3.63) is 39.6 Å². The Labute approximate surface area is 103 Å². The molecule has 0 spiro atoms. The zero-order valence-corrected chi connectivity index (χ0v) is 10.5. The molecule has 0 radical (unpaired) electrons. The molecule has 16 heavy (non-hydrogen) atoms. The standard InChI is InChI=1S/C11H13ClN2OS/c1-2-14-5-4-13-10(14)7-9(15)11-8(12)3-6-16-11/h3-6,9,15H,2,7H2,1H3. The van der Waals surface area contributed by atoms with E-state index in [-0.39, 0.29) is 0 Å². The molecule has 0 aliphatic rings. The average molecular weight is 257 g/mol. The van der Waals surface area contributed by atoms with E-state index in [9.17, 15) is 5.11 Å². The van der Waals surface area contributed by atoms with Crippen molar-refractivity contribution in [2.45, 2.75) is 26.0 Å². The van der Waals surface area contributed by atoms with Gasteiger partial charge in [0.25, 0.3) is 0 Å². The second kappa shape index (κ2) is 4.99. The molecule has 2 heterocycles. The number of aliphatic hydroxyl groups is 1. The van der Waals surface area contributed by atoms with Crippen molar-refractivity contribution in [3.8, 4) is 0 Å². The molecule has 2 rings (SSSR count). The summed E-state index contributed by atoms with van der Waals surface area (Å²) in [4.78, 5) is 5.04. The molecule has 0 aliphatic carbocycles. The first kappa shape index (κ1) is 11.6. The number of thiophene rings is 1. The fraction of sp³-hybridized carbons (Fsp3) is 0.364. The maximum atomic E-state index is 10.1. The van der Waals surface area contributed by atoms with Gasteiger partial charge in [-0.05, 0) is 18.4 Å². The second-order valence-corrected chi connectivity index (χ2v) is 4.84. The largest absolute Gasteiger partial charge is 0.387 e. The minimum atomic E-state index is -0.569. The van der Waals surface area contributed by atoms with Gasteiger partial charge in [-0.1, -0.05) is 11.6 Å². The summed E-state index contributed by atoms with van der Waals surface area (Å²) < 4.78 is 2.02. The maximum absolute atomic E-state index is 10.1. The normalized spacial score (nSPS) is 12.9. The highest BCUT2D eigenvalue weighted by atomic mass is 35.5. The molecule has 0 saturated carbocycles. The lowest BCUT2D eigenvalue weighted by atomic mass is 10.2. The number of aryl methyl sites for hydroxylation is 1. The zero-order chi connectivity index (χ0) is 11.5. The second-order valence-electron chi connectivity index (χ2n) is 3.48. The maximum Gasteiger partial charge on any atom is 0.111 e. The molecular weight excluding hydrogens is 244 g/mol. The number of hydrogen-bond donors (Lipinski definition) is 1. The number of rotatable bonds is 4. The number of nitrogens with zero attached hydrogens (tertiary/aromatic N) is 2. The molecule has 1 unspecified atom stereocenters. The van der Waals surface area contributed by atoms with Gasteiger partial charge in [-0.15, -0.1) is 11.3 Å². The summed E-state index contributed by atoms with van der Waals surface area (Å²) in [6.07, 6.45) is 3.60.